The van der Waals surface area contributed by atoms with E-state index < -0.39 is 40.8 Å². The summed E-state index contributed by atoms with van der Waals surface area (Å²) < 4.78 is 33.5. The molecule has 8 heteroatoms. The molecule has 0 N–H and O–H groups in total. The Morgan fingerprint density at radius 1 is 1.24 bits per heavy atom. The van der Waals surface area contributed by atoms with Crippen LogP contribution in [0.2, 0.25) is 0 Å². The van der Waals surface area contributed by atoms with Crippen molar-refractivity contribution in [1.82, 2.24) is 9.80 Å². The van der Waals surface area contributed by atoms with Gasteiger partial charge in [-0.2, -0.15) is 0 Å². The van der Waals surface area contributed by atoms with Gasteiger partial charge in [-0.25, -0.2) is 13.6 Å². The first kappa shape index (κ1) is 19.6. The van der Waals surface area contributed by atoms with E-state index in [1.54, 1.807) is 27.7 Å². The second-order valence-electron chi connectivity index (χ2n) is 6.99. The minimum atomic E-state index is -0.924. The number of carbonyl (C=O) groups excluding carboxylic acids is 2. The van der Waals surface area contributed by atoms with Crippen LogP contribution in [0.3, 0.4) is 0 Å². The molecule has 0 radical (unpaired) electrons. The van der Waals surface area contributed by atoms with E-state index in [1.807, 2.05) is 0 Å². The van der Waals surface area contributed by atoms with Crippen molar-refractivity contribution in [2.45, 2.75) is 39.3 Å². The molecule has 1 aromatic carbocycles. The average molecular weight is 419 g/mol. The Morgan fingerprint density at radius 3 is 2.44 bits per heavy atom. The Morgan fingerprint density at radius 2 is 1.88 bits per heavy atom. The normalized spacial score (nSPS) is 18.3. The van der Waals surface area contributed by atoms with Crippen molar-refractivity contribution >= 4 is 27.9 Å². The first-order valence-corrected chi connectivity index (χ1v) is 8.73. The van der Waals surface area contributed by atoms with Crippen LogP contribution in [0, 0.1) is 11.6 Å². The SMILES string of the molecule is C[C@@H]1CN(C(=O)OC(C)(C)C)CCN1C(=O)c1c(F)ccc(Br)c1F. The number of ether oxygens (including phenoxy) is 1. The Labute approximate surface area is 154 Å². The summed E-state index contributed by atoms with van der Waals surface area (Å²) in [4.78, 5) is 27.6. The molecule has 1 aliphatic rings. The molecule has 2 amide bonds. The van der Waals surface area contributed by atoms with Crippen molar-refractivity contribution in [3.8, 4) is 0 Å². The number of hydrogen-bond donors (Lipinski definition) is 0. The predicted octanol–water partition coefficient (Wildman–Crippen LogP) is 3.81. The Balaban J connectivity index is 2.13. The molecule has 0 saturated carbocycles. The van der Waals surface area contributed by atoms with E-state index >= 15 is 0 Å². The number of hydrogen-bond acceptors (Lipinski definition) is 3. The van der Waals surface area contributed by atoms with E-state index in [9.17, 15) is 18.4 Å². The summed E-state index contributed by atoms with van der Waals surface area (Å²) in [5, 5.41) is 0. The van der Waals surface area contributed by atoms with Crippen LogP contribution in [-0.2, 0) is 4.74 Å². The lowest BCUT2D eigenvalue weighted by molar-refractivity contribution is 0.00596. The van der Waals surface area contributed by atoms with Crippen molar-refractivity contribution in [3.05, 3.63) is 33.8 Å². The summed E-state index contributed by atoms with van der Waals surface area (Å²) in [6.45, 7) is 7.68. The van der Waals surface area contributed by atoms with Crippen LogP contribution in [0.4, 0.5) is 13.6 Å². The monoisotopic (exact) mass is 418 g/mol. The van der Waals surface area contributed by atoms with E-state index in [2.05, 4.69) is 15.9 Å². The summed E-state index contributed by atoms with van der Waals surface area (Å²) in [5.74, 6) is -2.56. The lowest BCUT2D eigenvalue weighted by atomic mass is 10.1. The second-order valence-corrected chi connectivity index (χ2v) is 7.85. The predicted molar refractivity (Wildman–Crippen MR) is 92.4 cm³/mol. The minimum absolute atomic E-state index is 0.0253. The summed E-state index contributed by atoms with van der Waals surface area (Å²) in [6.07, 6.45) is -0.466. The third-order valence-electron chi connectivity index (χ3n) is 3.80. The lowest BCUT2D eigenvalue weighted by Crippen LogP contribution is -2.56. The maximum absolute atomic E-state index is 14.2. The Kier molecular flexibility index (Phi) is 5.71. The molecule has 1 heterocycles. The van der Waals surface area contributed by atoms with E-state index in [4.69, 9.17) is 4.74 Å². The van der Waals surface area contributed by atoms with Gasteiger partial charge in [0.05, 0.1) is 4.47 Å². The van der Waals surface area contributed by atoms with Crippen molar-refractivity contribution in [2.75, 3.05) is 19.6 Å². The number of amides is 2. The molecule has 138 valence electrons. The molecule has 25 heavy (non-hydrogen) atoms. The lowest BCUT2D eigenvalue weighted by Gasteiger charge is -2.40. The van der Waals surface area contributed by atoms with Gasteiger partial charge >= 0.3 is 6.09 Å². The van der Waals surface area contributed by atoms with E-state index in [0.717, 1.165) is 6.07 Å². The van der Waals surface area contributed by atoms with Gasteiger partial charge in [0.15, 0.2) is 5.82 Å². The molecule has 0 spiro atoms. The second kappa shape index (κ2) is 7.27. The van der Waals surface area contributed by atoms with Gasteiger partial charge in [0.2, 0.25) is 0 Å². The molecule has 1 saturated heterocycles. The van der Waals surface area contributed by atoms with E-state index in [0.29, 0.717) is 0 Å². The molecule has 0 aromatic heterocycles. The molecule has 1 atom stereocenters. The van der Waals surface area contributed by atoms with Crippen molar-refractivity contribution in [3.63, 3.8) is 0 Å². The first-order chi connectivity index (χ1) is 11.5. The summed E-state index contributed by atoms with van der Waals surface area (Å²) in [7, 11) is 0. The van der Waals surface area contributed by atoms with Crippen LogP contribution in [0.1, 0.15) is 38.1 Å². The average Bonchev–Trinajstić information content (AvgIpc) is 2.49. The number of piperazine rings is 1. The van der Waals surface area contributed by atoms with Crippen LogP contribution in [-0.4, -0.2) is 53.1 Å². The van der Waals surface area contributed by atoms with Crippen LogP contribution >= 0.6 is 15.9 Å². The number of carbonyl (C=O) groups is 2. The highest BCUT2D eigenvalue weighted by Crippen LogP contribution is 2.25. The van der Waals surface area contributed by atoms with Gasteiger partial charge < -0.3 is 14.5 Å². The van der Waals surface area contributed by atoms with Crippen LogP contribution < -0.4 is 0 Å². The van der Waals surface area contributed by atoms with Gasteiger partial charge in [-0.1, -0.05) is 0 Å². The number of nitrogens with zero attached hydrogens (tertiary/aromatic N) is 2. The van der Waals surface area contributed by atoms with Gasteiger partial charge in [0, 0.05) is 25.7 Å². The number of halogens is 3. The van der Waals surface area contributed by atoms with Crippen molar-refractivity contribution < 1.29 is 23.1 Å². The van der Waals surface area contributed by atoms with Gasteiger partial charge in [-0.05, 0) is 55.8 Å². The zero-order valence-electron chi connectivity index (χ0n) is 14.6. The molecular formula is C17H21BrF2N2O3. The minimum Gasteiger partial charge on any atom is -0.444 e. The standard InChI is InChI=1S/C17H21BrF2N2O3/c1-10-9-21(16(24)25-17(2,3)4)7-8-22(10)15(23)13-12(19)6-5-11(18)14(13)20/h5-6,10H,7-9H2,1-4H3/t10-/m1/s1. The van der Waals surface area contributed by atoms with Crippen LogP contribution in [0.15, 0.2) is 16.6 Å². The van der Waals surface area contributed by atoms with Crippen molar-refractivity contribution in [1.29, 1.82) is 0 Å². The Bertz CT molecular complexity index is 691. The van der Waals surface area contributed by atoms with E-state index in [-0.39, 0.29) is 24.1 Å². The molecule has 0 unspecified atom stereocenters. The summed E-state index contributed by atoms with van der Waals surface area (Å²) in [5.41, 5.74) is -1.21. The molecule has 1 aromatic rings. The molecule has 1 aliphatic heterocycles. The van der Waals surface area contributed by atoms with Gasteiger partial charge in [0.1, 0.15) is 17.0 Å². The zero-order chi connectivity index (χ0) is 18.9. The quantitative estimate of drug-likeness (QED) is 0.651. The first-order valence-electron chi connectivity index (χ1n) is 7.93. The maximum Gasteiger partial charge on any atom is 0.410 e. The molecule has 2 rings (SSSR count). The van der Waals surface area contributed by atoms with E-state index in [1.165, 1.54) is 15.9 Å². The van der Waals surface area contributed by atoms with Gasteiger partial charge in [-0.3, -0.25) is 4.79 Å². The van der Waals surface area contributed by atoms with Crippen LogP contribution in [0.5, 0.6) is 0 Å². The topological polar surface area (TPSA) is 49.9 Å². The van der Waals surface area contributed by atoms with Gasteiger partial charge in [0.25, 0.3) is 5.91 Å². The smallest absolute Gasteiger partial charge is 0.410 e. The maximum atomic E-state index is 14.2. The fraction of sp³-hybridized carbons (Fsp3) is 0.529. The molecular weight excluding hydrogens is 398 g/mol. The molecule has 1 fully saturated rings. The molecule has 5 nitrogen and oxygen atoms in total. The summed E-state index contributed by atoms with van der Waals surface area (Å²) in [6, 6.07) is 1.86. The third kappa shape index (κ3) is 4.48. The van der Waals surface area contributed by atoms with Crippen LogP contribution in [0.25, 0.3) is 0 Å². The number of rotatable bonds is 1. The van der Waals surface area contributed by atoms with Gasteiger partial charge in [-0.15, -0.1) is 0 Å². The molecule has 0 aliphatic carbocycles. The summed E-state index contributed by atoms with van der Waals surface area (Å²) >= 11 is 2.96. The highest BCUT2D eigenvalue weighted by molar-refractivity contribution is 9.10. The third-order valence-corrected chi connectivity index (χ3v) is 4.41. The fourth-order valence-electron chi connectivity index (χ4n) is 2.62. The zero-order valence-corrected chi connectivity index (χ0v) is 16.2. The fourth-order valence-corrected chi connectivity index (χ4v) is 2.95. The highest BCUT2D eigenvalue weighted by Gasteiger charge is 2.34. The largest absolute Gasteiger partial charge is 0.444 e. The Hall–Kier alpha value is -1.70. The molecule has 0 bridgehead atoms. The van der Waals surface area contributed by atoms with Crippen molar-refractivity contribution in [2.24, 2.45) is 0 Å². The number of benzene rings is 1. The highest BCUT2D eigenvalue weighted by atomic mass is 79.9.